The Balaban J connectivity index is 2.08. The number of nitrogens with zero attached hydrogens (tertiary/aromatic N) is 2. The highest BCUT2D eigenvalue weighted by Crippen LogP contribution is 2.34. The Bertz CT molecular complexity index is 1140. The number of hydrogen-bond acceptors (Lipinski definition) is 5. The molecular weight excluding hydrogens is 408 g/mol. The van der Waals surface area contributed by atoms with E-state index >= 15 is 0 Å². The van der Waals surface area contributed by atoms with Gasteiger partial charge in [-0.2, -0.15) is 10.5 Å². The minimum absolute atomic E-state index is 0.0440. The lowest BCUT2D eigenvalue weighted by molar-refractivity contribution is 0.304. The van der Waals surface area contributed by atoms with Crippen LogP contribution in [0.3, 0.4) is 0 Å². The van der Waals surface area contributed by atoms with E-state index in [9.17, 15) is 15.3 Å². The first-order chi connectivity index (χ1) is 13.0. The molecule has 2 aromatic carbocycles. The van der Waals surface area contributed by atoms with Gasteiger partial charge in [0.1, 0.15) is 41.4 Å². The molecular formula is C20H13BrN4O2. The van der Waals surface area contributed by atoms with Crippen molar-refractivity contribution in [3.8, 4) is 29.0 Å². The van der Waals surface area contributed by atoms with Gasteiger partial charge in [0.05, 0.1) is 4.47 Å². The van der Waals surface area contributed by atoms with E-state index in [0.717, 1.165) is 5.56 Å². The van der Waals surface area contributed by atoms with Gasteiger partial charge in [-0.3, -0.25) is 4.79 Å². The number of rotatable bonds is 4. The number of ether oxygens (including phenoxy) is 1. The van der Waals surface area contributed by atoms with Crippen LogP contribution in [0, 0.1) is 22.7 Å². The molecule has 0 saturated carbocycles. The van der Waals surface area contributed by atoms with E-state index in [4.69, 9.17) is 10.5 Å². The summed E-state index contributed by atoms with van der Waals surface area (Å²) in [7, 11) is 0. The lowest BCUT2D eigenvalue weighted by Gasteiger charge is -2.13. The summed E-state index contributed by atoms with van der Waals surface area (Å²) in [4.78, 5) is 14.4. The van der Waals surface area contributed by atoms with Crippen LogP contribution in [0.15, 0.2) is 57.8 Å². The van der Waals surface area contributed by atoms with E-state index in [0.29, 0.717) is 22.4 Å². The van der Waals surface area contributed by atoms with E-state index < -0.39 is 5.56 Å². The molecule has 27 heavy (non-hydrogen) atoms. The van der Waals surface area contributed by atoms with Crippen molar-refractivity contribution >= 4 is 21.7 Å². The summed E-state index contributed by atoms with van der Waals surface area (Å²) in [5.74, 6) is 0.439. The highest BCUT2D eigenvalue weighted by molar-refractivity contribution is 9.10. The highest BCUT2D eigenvalue weighted by atomic mass is 79.9. The number of anilines is 1. The third-order valence-corrected chi connectivity index (χ3v) is 4.58. The molecule has 132 valence electrons. The third-order valence-electron chi connectivity index (χ3n) is 3.93. The molecule has 1 aromatic heterocycles. The zero-order chi connectivity index (χ0) is 19.4. The van der Waals surface area contributed by atoms with Gasteiger partial charge >= 0.3 is 0 Å². The Labute approximate surface area is 163 Å². The Morgan fingerprint density at radius 3 is 2.44 bits per heavy atom. The van der Waals surface area contributed by atoms with Crippen LogP contribution in [0.2, 0.25) is 0 Å². The fourth-order valence-corrected chi connectivity index (χ4v) is 3.00. The smallest absolute Gasteiger partial charge is 0.268 e. The number of pyridine rings is 1. The summed E-state index contributed by atoms with van der Waals surface area (Å²) in [6.07, 6.45) is 0. The second kappa shape index (κ2) is 7.77. The summed E-state index contributed by atoms with van der Waals surface area (Å²) in [6.45, 7) is 0.344. The van der Waals surface area contributed by atoms with Crippen LogP contribution in [-0.4, -0.2) is 4.98 Å². The Morgan fingerprint density at radius 1 is 1.07 bits per heavy atom. The molecule has 0 spiro atoms. The first-order valence-electron chi connectivity index (χ1n) is 7.87. The average molecular weight is 421 g/mol. The summed E-state index contributed by atoms with van der Waals surface area (Å²) in [6, 6.07) is 18.5. The van der Waals surface area contributed by atoms with Gasteiger partial charge in [0.2, 0.25) is 0 Å². The molecule has 0 aliphatic carbocycles. The van der Waals surface area contributed by atoms with Crippen molar-refractivity contribution in [1.29, 1.82) is 10.5 Å². The van der Waals surface area contributed by atoms with Gasteiger partial charge in [-0.05, 0) is 39.2 Å². The van der Waals surface area contributed by atoms with Gasteiger partial charge in [0, 0.05) is 5.56 Å². The summed E-state index contributed by atoms with van der Waals surface area (Å²) < 4.78 is 6.57. The SMILES string of the molecule is N#Cc1c(N)[nH]c(=O)c(C#N)c1-c1ccc(Br)c(OCc2ccccc2)c1. The van der Waals surface area contributed by atoms with Crippen LogP contribution in [0.5, 0.6) is 5.75 Å². The van der Waals surface area contributed by atoms with Crippen molar-refractivity contribution in [2.24, 2.45) is 0 Å². The largest absolute Gasteiger partial charge is 0.488 e. The molecule has 0 aliphatic rings. The van der Waals surface area contributed by atoms with Crippen LogP contribution in [0.4, 0.5) is 5.82 Å². The zero-order valence-corrected chi connectivity index (χ0v) is 15.6. The van der Waals surface area contributed by atoms with Crippen molar-refractivity contribution in [2.45, 2.75) is 6.61 Å². The molecule has 1 heterocycles. The maximum atomic E-state index is 12.1. The Hall–Kier alpha value is -3.55. The van der Waals surface area contributed by atoms with Gasteiger partial charge in [-0.15, -0.1) is 0 Å². The molecule has 0 atom stereocenters. The predicted molar refractivity (Wildman–Crippen MR) is 105 cm³/mol. The Kier molecular flexibility index (Phi) is 5.25. The minimum atomic E-state index is -0.640. The first-order valence-corrected chi connectivity index (χ1v) is 8.67. The summed E-state index contributed by atoms with van der Waals surface area (Å²) in [5, 5.41) is 18.8. The number of nitrogens with one attached hydrogen (secondary N) is 1. The molecule has 0 amide bonds. The van der Waals surface area contributed by atoms with Crippen LogP contribution >= 0.6 is 15.9 Å². The van der Waals surface area contributed by atoms with E-state index in [2.05, 4.69) is 20.9 Å². The molecule has 0 unspecified atom stereocenters. The summed E-state index contributed by atoms with van der Waals surface area (Å²) in [5.41, 5.74) is 6.68. The second-order valence-electron chi connectivity index (χ2n) is 5.64. The minimum Gasteiger partial charge on any atom is -0.488 e. The molecule has 3 aromatic rings. The van der Waals surface area contributed by atoms with Crippen molar-refractivity contribution in [1.82, 2.24) is 4.98 Å². The lowest BCUT2D eigenvalue weighted by Crippen LogP contribution is -2.16. The normalized spacial score (nSPS) is 10.0. The molecule has 3 N–H and O–H groups in total. The third kappa shape index (κ3) is 3.69. The predicted octanol–water partition coefficient (Wildman–Crippen LogP) is 3.71. The molecule has 7 heteroatoms. The van der Waals surface area contributed by atoms with Gasteiger partial charge in [0.15, 0.2) is 0 Å². The lowest BCUT2D eigenvalue weighted by atomic mass is 9.96. The molecule has 0 aliphatic heterocycles. The van der Waals surface area contributed by atoms with E-state index in [1.54, 1.807) is 18.2 Å². The number of nitrogens with two attached hydrogens (primary N) is 1. The van der Waals surface area contributed by atoms with Gasteiger partial charge in [-0.25, -0.2) is 0 Å². The highest BCUT2D eigenvalue weighted by Gasteiger charge is 2.19. The number of hydrogen-bond donors (Lipinski definition) is 2. The van der Waals surface area contributed by atoms with E-state index in [-0.39, 0.29) is 22.5 Å². The van der Waals surface area contributed by atoms with Crippen LogP contribution < -0.4 is 16.0 Å². The zero-order valence-electron chi connectivity index (χ0n) is 14.0. The number of benzene rings is 2. The summed E-state index contributed by atoms with van der Waals surface area (Å²) >= 11 is 3.43. The maximum absolute atomic E-state index is 12.1. The number of nitriles is 2. The molecule has 0 bridgehead atoms. The molecule has 0 saturated heterocycles. The quantitative estimate of drug-likeness (QED) is 0.666. The van der Waals surface area contributed by atoms with Gasteiger partial charge < -0.3 is 15.5 Å². The number of aromatic nitrogens is 1. The van der Waals surface area contributed by atoms with Gasteiger partial charge in [0.25, 0.3) is 5.56 Å². The van der Waals surface area contributed by atoms with Crippen molar-refractivity contribution < 1.29 is 4.74 Å². The van der Waals surface area contributed by atoms with Crippen LogP contribution in [0.25, 0.3) is 11.1 Å². The van der Waals surface area contributed by atoms with Crippen molar-refractivity contribution in [2.75, 3.05) is 5.73 Å². The molecule has 0 fully saturated rings. The van der Waals surface area contributed by atoms with Crippen molar-refractivity contribution in [3.63, 3.8) is 0 Å². The number of halogens is 1. The molecule has 0 radical (unpaired) electrons. The maximum Gasteiger partial charge on any atom is 0.268 e. The van der Waals surface area contributed by atoms with Crippen LogP contribution in [0.1, 0.15) is 16.7 Å². The van der Waals surface area contributed by atoms with Crippen LogP contribution in [-0.2, 0) is 6.61 Å². The number of nitrogen functional groups attached to an aromatic ring is 1. The Morgan fingerprint density at radius 2 is 1.78 bits per heavy atom. The molecule has 6 nitrogen and oxygen atoms in total. The average Bonchev–Trinajstić information content (AvgIpc) is 2.68. The number of aromatic amines is 1. The van der Waals surface area contributed by atoms with Gasteiger partial charge in [-0.1, -0.05) is 36.4 Å². The fourth-order valence-electron chi connectivity index (χ4n) is 2.64. The molecule has 3 rings (SSSR count). The number of H-pyrrole nitrogens is 1. The second-order valence-corrected chi connectivity index (χ2v) is 6.49. The van der Waals surface area contributed by atoms with E-state index in [1.165, 1.54) is 0 Å². The van der Waals surface area contributed by atoms with E-state index in [1.807, 2.05) is 42.5 Å². The first kappa shape index (κ1) is 18.2. The monoisotopic (exact) mass is 420 g/mol. The van der Waals surface area contributed by atoms with Crippen molar-refractivity contribution in [3.05, 3.63) is 80.0 Å². The topological polar surface area (TPSA) is 116 Å². The fraction of sp³-hybridized carbons (Fsp3) is 0.0500. The standard InChI is InChI=1S/C20H13BrN4O2/c21-16-7-6-13(8-17(16)27-11-12-4-2-1-3-5-12)18-14(9-22)19(24)25-20(26)15(18)10-23/h1-8H,11H2,(H3,24,25,26).